The molecule has 0 fully saturated rings. The quantitative estimate of drug-likeness (QED) is 0.427. The van der Waals surface area contributed by atoms with E-state index in [1.165, 1.54) is 30.4 Å². The van der Waals surface area contributed by atoms with Crippen molar-refractivity contribution in [1.82, 2.24) is 0 Å². The van der Waals surface area contributed by atoms with Crippen LogP contribution in [0.5, 0.6) is 0 Å². The van der Waals surface area contributed by atoms with E-state index >= 15 is 0 Å². The Balaban J connectivity index is 3.14. The van der Waals surface area contributed by atoms with E-state index in [4.69, 9.17) is 10.8 Å². The lowest BCUT2D eigenvalue weighted by molar-refractivity contribution is -0.104. The Kier molecular flexibility index (Phi) is 3.01. The molecule has 1 aromatic rings. The lowest BCUT2D eigenvalue weighted by Crippen LogP contribution is -1.98. The minimum absolute atomic E-state index is 0.143. The van der Waals surface area contributed by atoms with E-state index in [2.05, 4.69) is 0 Å². The van der Waals surface area contributed by atoms with Gasteiger partial charge in [-0.2, -0.15) is 0 Å². The van der Waals surface area contributed by atoms with E-state index < -0.39 is 5.97 Å². The molecular formula is C10H9NO3. The van der Waals surface area contributed by atoms with E-state index in [9.17, 15) is 9.59 Å². The number of carboxylic acids is 1. The van der Waals surface area contributed by atoms with E-state index in [0.717, 1.165) is 0 Å². The third-order valence-corrected chi connectivity index (χ3v) is 1.69. The summed E-state index contributed by atoms with van der Waals surface area (Å²) in [6.45, 7) is 0. The zero-order valence-electron chi connectivity index (χ0n) is 7.31. The fraction of sp³-hybridized carbons (Fsp3) is 0. The van der Waals surface area contributed by atoms with Gasteiger partial charge in [-0.25, -0.2) is 4.79 Å². The number of hydrogen-bond donors (Lipinski definition) is 2. The van der Waals surface area contributed by atoms with Crippen LogP contribution in [0.2, 0.25) is 0 Å². The fourth-order valence-corrected chi connectivity index (χ4v) is 0.995. The molecular weight excluding hydrogens is 182 g/mol. The summed E-state index contributed by atoms with van der Waals surface area (Å²) in [5.41, 5.74) is 6.68. The van der Waals surface area contributed by atoms with Gasteiger partial charge >= 0.3 is 5.97 Å². The predicted octanol–water partition coefficient (Wildman–Crippen LogP) is 1.18. The zero-order valence-corrected chi connectivity index (χ0v) is 7.31. The number of hydrogen-bond acceptors (Lipinski definition) is 3. The topological polar surface area (TPSA) is 80.4 Å². The largest absolute Gasteiger partial charge is 0.478 e. The van der Waals surface area contributed by atoms with Gasteiger partial charge in [0.05, 0.1) is 5.56 Å². The summed E-state index contributed by atoms with van der Waals surface area (Å²) in [5.74, 6) is -1.02. The maximum atomic E-state index is 10.6. The van der Waals surface area contributed by atoms with Crippen molar-refractivity contribution in [3.8, 4) is 0 Å². The molecule has 1 aromatic carbocycles. The number of rotatable bonds is 3. The molecule has 0 bridgehead atoms. The van der Waals surface area contributed by atoms with Crippen LogP contribution >= 0.6 is 0 Å². The molecule has 0 saturated heterocycles. The van der Waals surface area contributed by atoms with E-state index in [1.807, 2.05) is 0 Å². The average Bonchev–Trinajstić information content (AvgIpc) is 2.16. The third kappa shape index (κ3) is 2.20. The molecule has 0 aromatic heterocycles. The van der Waals surface area contributed by atoms with Gasteiger partial charge in [-0.3, -0.25) is 4.79 Å². The normalized spacial score (nSPS) is 10.3. The number of anilines is 1. The monoisotopic (exact) mass is 191 g/mol. The van der Waals surface area contributed by atoms with E-state index in [-0.39, 0.29) is 5.56 Å². The molecule has 3 N–H and O–H groups in total. The van der Waals surface area contributed by atoms with Crippen molar-refractivity contribution in [2.45, 2.75) is 0 Å². The maximum Gasteiger partial charge on any atom is 0.335 e. The Labute approximate surface area is 80.7 Å². The molecule has 0 aliphatic carbocycles. The van der Waals surface area contributed by atoms with Crippen molar-refractivity contribution in [2.75, 3.05) is 5.73 Å². The highest BCUT2D eigenvalue weighted by Crippen LogP contribution is 2.15. The molecule has 0 heterocycles. The Morgan fingerprint density at radius 2 is 2.14 bits per heavy atom. The zero-order chi connectivity index (χ0) is 10.6. The highest BCUT2D eigenvalue weighted by Gasteiger charge is 2.04. The van der Waals surface area contributed by atoms with Crippen molar-refractivity contribution >= 4 is 24.0 Å². The number of nitrogens with two attached hydrogens (primary N) is 1. The van der Waals surface area contributed by atoms with Crippen LogP contribution in [0.15, 0.2) is 24.3 Å². The van der Waals surface area contributed by atoms with Gasteiger partial charge < -0.3 is 10.8 Å². The maximum absolute atomic E-state index is 10.6. The Morgan fingerprint density at radius 3 is 2.71 bits per heavy atom. The summed E-state index contributed by atoms with van der Waals surface area (Å²) in [6.07, 6.45) is 3.33. The number of aromatic carboxylic acids is 1. The first-order chi connectivity index (χ1) is 6.65. The number of benzene rings is 1. The van der Waals surface area contributed by atoms with Gasteiger partial charge in [0.25, 0.3) is 0 Å². The van der Waals surface area contributed by atoms with Crippen LogP contribution in [0.25, 0.3) is 6.08 Å². The number of carbonyl (C=O) groups excluding carboxylic acids is 1. The van der Waals surface area contributed by atoms with Gasteiger partial charge in [0.1, 0.15) is 6.29 Å². The second-order valence-corrected chi connectivity index (χ2v) is 2.64. The minimum Gasteiger partial charge on any atom is -0.478 e. The van der Waals surface area contributed by atoms with E-state index in [1.54, 1.807) is 0 Å². The molecule has 0 spiro atoms. The number of allylic oxidation sites excluding steroid dienone is 1. The second-order valence-electron chi connectivity index (χ2n) is 2.64. The van der Waals surface area contributed by atoms with Gasteiger partial charge in [0.2, 0.25) is 0 Å². The van der Waals surface area contributed by atoms with Gasteiger partial charge in [0.15, 0.2) is 0 Å². The third-order valence-electron chi connectivity index (χ3n) is 1.69. The van der Waals surface area contributed by atoms with Crippen LogP contribution in [0.3, 0.4) is 0 Å². The highest BCUT2D eigenvalue weighted by molar-refractivity contribution is 5.90. The highest BCUT2D eigenvalue weighted by atomic mass is 16.4. The molecule has 0 amide bonds. The summed E-state index contributed by atoms with van der Waals surface area (Å²) in [4.78, 5) is 20.7. The smallest absolute Gasteiger partial charge is 0.335 e. The van der Waals surface area contributed by atoms with Gasteiger partial charge in [-0.1, -0.05) is 0 Å². The first kappa shape index (κ1) is 9.98. The molecule has 0 radical (unpaired) electrons. The molecule has 1 rings (SSSR count). The summed E-state index contributed by atoms with van der Waals surface area (Å²) in [5, 5.41) is 8.69. The summed E-state index contributed by atoms with van der Waals surface area (Å²) in [7, 11) is 0. The molecule has 72 valence electrons. The van der Waals surface area contributed by atoms with Crippen molar-refractivity contribution in [3.63, 3.8) is 0 Å². The van der Waals surface area contributed by atoms with Crippen molar-refractivity contribution in [2.24, 2.45) is 0 Å². The van der Waals surface area contributed by atoms with Crippen LogP contribution in [-0.2, 0) is 4.79 Å². The van der Waals surface area contributed by atoms with Crippen LogP contribution < -0.4 is 5.73 Å². The van der Waals surface area contributed by atoms with Gasteiger partial charge in [0, 0.05) is 5.69 Å². The summed E-state index contributed by atoms with van der Waals surface area (Å²) < 4.78 is 0. The minimum atomic E-state index is -1.02. The molecule has 0 unspecified atom stereocenters. The molecule has 0 aliphatic rings. The molecule has 4 nitrogen and oxygen atoms in total. The van der Waals surface area contributed by atoms with Crippen LogP contribution in [0.1, 0.15) is 15.9 Å². The van der Waals surface area contributed by atoms with Crippen LogP contribution in [0, 0.1) is 0 Å². The number of nitrogen functional groups attached to an aromatic ring is 1. The Morgan fingerprint density at radius 1 is 1.43 bits per heavy atom. The first-order valence-electron chi connectivity index (χ1n) is 3.90. The van der Waals surface area contributed by atoms with Gasteiger partial charge in [-0.05, 0) is 35.9 Å². The lowest BCUT2D eigenvalue weighted by Gasteiger charge is -2.01. The molecule has 0 aliphatic heterocycles. The molecule has 14 heavy (non-hydrogen) atoms. The Bertz CT molecular complexity index is 396. The fourth-order valence-electron chi connectivity index (χ4n) is 0.995. The summed E-state index contributed by atoms with van der Waals surface area (Å²) in [6, 6.07) is 4.32. The van der Waals surface area contributed by atoms with Crippen molar-refractivity contribution in [1.29, 1.82) is 0 Å². The number of carboxylic acid groups (broad SMARTS) is 1. The van der Waals surface area contributed by atoms with Crippen molar-refractivity contribution in [3.05, 3.63) is 35.4 Å². The number of carbonyl (C=O) groups is 2. The number of aldehydes is 1. The lowest BCUT2D eigenvalue weighted by atomic mass is 10.1. The Hall–Kier alpha value is -2.10. The summed E-state index contributed by atoms with van der Waals surface area (Å²) >= 11 is 0. The standard InChI is InChI=1S/C10H9NO3/c11-9-4-3-8(10(13)14)6-7(9)2-1-5-12/h1-6H,11H2,(H,13,14). The molecule has 4 heteroatoms. The van der Waals surface area contributed by atoms with Crippen molar-refractivity contribution < 1.29 is 14.7 Å². The van der Waals surface area contributed by atoms with E-state index in [0.29, 0.717) is 17.5 Å². The molecule has 0 saturated carbocycles. The van der Waals surface area contributed by atoms with Gasteiger partial charge in [-0.15, -0.1) is 0 Å². The average molecular weight is 191 g/mol. The second kappa shape index (κ2) is 4.23. The van der Waals surface area contributed by atoms with Crippen LogP contribution in [0.4, 0.5) is 5.69 Å². The first-order valence-corrected chi connectivity index (χ1v) is 3.90. The molecule has 0 atom stereocenters. The van der Waals surface area contributed by atoms with Crippen LogP contribution in [-0.4, -0.2) is 17.4 Å². The predicted molar refractivity (Wildman–Crippen MR) is 52.9 cm³/mol. The SMILES string of the molecule is Nc1ccc(C(=O)O)cc1C=CC=O.